The van der Waals surface area contributed by atoms with Gasteiger partial charge in [-0.3, -0.25) is 9.48 Å². The average molecular weight is 313 g/mol. The van der Waals surface area contributed by atoms with Crippen molar-refractivity contribution in [2.75, 3.05) is 19.7 Å². The average Bonchev–Trinajstić information content (AvgIpc) is 3.11. The fourth-order valence-electron chi connectivity index (χ4n) is 3.16. The highest BCUT2D eigenvalue weighted by molar-refractivity contribution is 5.83. The highest BCUT2D eigenvalue weighted by Gasteiger charge is 2.31. The number of amides is 1. The van der Waals surface area contributed by atoms with Crippen LogP contribution in [0.15, 0.2) is 48.8 Å². The summed E-state index contributed by atoms with van der Waals surface area (Å²) in [5.74, 6) is 0.0873. The molecule has 0 spiro atoms. The van der Waals surface area contributed by atoms with Crippen molar-refractivity contribution >= 4 is 5.91 Å². The molecule has 1 amide bonds. The molecule has 2 aromatic rings. The van der Waals surface area contributed by atoms with Crippen molar-refractivity contribution in [3.63, 3.8) is 0 Å². The summed E-state index contributed by atoms with van der Waals surface area (Å²) in [6.45, 7) is 4.13. The van der Waals surface area contributed by atoms with E-state index in [1.54, 1.807) is 10.9 Å². The maximum absolute atomic E-state index is 13.2. The molecule has 1 aromatic carbocycles. The Morgan fingerprint density at radius 3 is 2.87 bits per heavy atom. The Labute approximate surface area is 136 Å². The first-order valence-electron chi connectivity index (χ1n) is 8.24. The van der Waals surface area contributed by atoms with Gasteiger partial charge in [-0.05, 0) is 31.4 Å². The number of ether oxygens (including phenoxy) is 1. The summed E-state index contributed by atoms with van der Waals surface area (Å²) in [7, 11) is 0. The number of likely N-dealkylation sites (tertiary alicyclic amines) is 1. The van der Waals surface area contributed by atoms with Gasteiger partial charge in [0, 0.05) is 32.1 Å². The first-order valence-corrected chi connectivity index (χ1v) is 8.24. The molecular formula is C18H23N3O2. The molecule has 0 N–H and O–H groups in total. The van der Waals surface area contributed by atoms with Gasteiger partial charge in [0.15, 0.2) is 6.04 Å². The summed E-state index contributed by atoms with van der Waals surface area (Å²) in [6, 6.07) is 11.3. The van der Waals surface area contributed by atoms with Crippen molar-refractivity contribution in [2.24, 2.45) is 0 Å². The van der Waals surface area contributed by atoms with E-state index in [9.17, 15) is 4.79 Å². The summed E-state index contributed by atoms with van der Waals surface area (Å²) in [5, 5.41) is 4.30. The Balaban J connectivity index is 1.83. The molecule has 23 heavy (non-hydrogen) atoms. The summed E-state index contributed by atoms with van der Waals surface area (Å²) >= 11 is 0. The predicted octanol–water partition coefficient (Wildman–Crippen LogP) is 2.50. The van der Waals surface area contributed by atoms with E-state index in [0.29, 0.717) is 13.2 Å². The number of benzene rings is 1. The van der Waals surface area contributed by atoms with Crippen LogP contribution in [0.5, 0.6) is 0 Å². The Bertz CT molecular complexity index is 610. The van der Waals surface area contributed by atoms with Gasteiger partial charge in [0.25, 0.3) is 5.91 Å². The van der Waals surface area contributed by atoms with Gasteiger partial charge in [0.05, 0.1) is 6.10 Å². The molecule has 0 aliphatic carbocycles. The van der Waals surface area contributed by atoms with Crippen LogP contribution < -0.4 is 0 Å². The van der Waals surface area contributed by atoms with Crippen molar-refractivity contribution in [2.45, 2.75) is 31.9 Å². The zero-order chi connectivity index (χ0) is 16.1. The molecule has 0 unspecified atom stereocenters. The molecule has 5 nitrogen and oxygen atoms in total. The number of carbonyl (C=O) groups excluding carboxylic acids is 1. The first-order chi connectivity index (χ1) is 11.3. The molecule has 1 aliphatic rings. The number of hydrogen-bond donors (Lipinski definition) is 0. The SMILES string of the molecule is CCO[C@@H]1CCCN(C(=O)[C@@H](c2ccccc2)n2cccn2)C1. The van der Waals surface area contributed by atoms with E-state index in [-0.39, 0.29) is 12.0 Å². The number of nitrogens with zero attached hydrogens (tertiary/aromatic N) is 3. The number of aromatic nitrogens is 2. The molecule has 1 saturated heterocycles. The second-order valence-corrected chi connectivity index (χ2v) is 5.80. The summed E-state index contributed by atoms with van der Waals surface area (Å²) < 4.78 is 7.46. The lowest BCUT2D eigenvalue weighted by Crippen LogP contribution is -2.46. The van der Waals surface area contributed by atoms with Crippen LogP contribution in [-0.2, 0) is 9.53 Å². The number of piperidine rings is 1. The molecule has 1 aliphatic heterocycles. The molecule has 1 fully saturated rings. The molecule has 2 atom stereocenters. The summed E-state index contributed by atoms with van der Waals surface area (Å²) in [6.07, 6.45) is 5.71. The van der Waals surface area contributed by atoms with Crippen LogP contribution in [-0.4, -0.2) is 46.4 Å². The smallest absolute Gasteiger partial charge is 0.252 e. The van der Waals surface area contributed by atoms with E-state index >= 15 is 0 Å². The largest absolute Gasteiger partial charge is 0.377 e. The van der Waals surface area contributed by atoms with Gasteiger partial charge in [0.1, 0.15) is 0 Å². The predicted molar refractivity (Wildman–Crippen MR) is 88.0 cm³/mol. The van der Waals surface area contributed by atoms with E-state index in [4.69, 9.17) is 4.74 Å². The Morgan fingerprint density at radius 2 is 2.17 bits per heavy atom. The molecule has 1 aromatic heterocycles. The minimum atomic E-state index is -0.411. The molecule has 5 heteroatoms. The molecule has 2 heterocycles. The van der Waals surface area contributed by atoms with Crippen molar-refractivity contribution in [3.8, 4) is 0 Å². The number of carbonyl (C=O) groups is 1. The highest BCUT2D eigenvalue weighted by atomic mass is 16.5. The van der Waals surface area contributed by atoms with Crippen LogP contribution in [0.3, 0.4) is 0 Å². The Hall–Kier alpha value is -2.14. The first kappa shape index (κ1) is 15.7. The lowest BCUT2D eigenvalue weighted by molar-refractivity contribution is -0.137. The molecule has 0 radical (unpaired) electrons. The minimum Gasteiger partial charge on any atom is -0.377 e. The van der Waals surface area contributed by atoms with Gasteiger partial charge in [-0.25, -0.2) is 0 Å². The molecular weight excluding hydrogens is 290 g/mol. The molecule has 0 bridgehead atoms. The fraction of sp³-hybridized carbons (Fsp3) is 0.444. The molecule has 0 saturated carbocycles. The van der Waals surface area contributed by atoms with Crippen LogP contribution in [0.1, 0.15) is 31.4 Å². The van der Waals surface area contributed by atoms with E-state index in [2.05, 4.69) is 5.10 Å². The standard InChI is InChI=1S/C18H23N3O2/c1-2-23-16-10-6-12-20(14-16)18(22)17(21-13-7-11-19-21)15-8-4-3-5-9-15/h3-5,7-9,11,13,16-17H,2,6,10,12,14H2,1H3/t16-,17-/m1/s1. The summed E-state index contributed by atoms with van der Waals surface area (Å²) in [4.78, 5) is 15.1. The quantitative estimate of drug-likeness (QED) is 0.852. The van der Waals surface area contributed by atoms with Crippen molar-refractivity contribution in [1.29, 1.82) is 0 Å². The van der Waals surface area contributed by atoms with Gasteiger partial charge in [-0.1, -0.05) is 30.3 Å². The van der Waals surface area contributed by atoms with E-state index < -0.39 is 6.04 Å². The fourth-order valence-corrected chi connectivity index (χ4v) is 3.16. The zero-order valence-corrected chi connectivity index (χ0v) is 13.5. The van der Waals surface area contributed by atoms with Gasteiger partial charge in [-0.2, -0.15) is 5.10 Å². The Morgan fingerprint density at radius 1 is 1.35 bits per heavy atom. The van der Waals surface area contributed by atoms with Crippen LogP contribution in [0.2, 0.25) is 0 Å². The topological polar surface area (TPSA) is 47.4 Å². The Kier molecular flexibility index (Phi) is 5.08. The number of hydrogen-bond acceptors (Lipinski definition) is 3. The van der Waals surface area contributed by atoms with Gasteiger partial charge in [-0.15, -0.1) is 0 Å². The third kappa shape index (κ3) is 3.62. The normalized spacial score (nSPS) is 19.5. The van der Waals surface area contributed by atoms with E-state index in [0.717, 1.165) is 24.9 Å². The minimum absolute atomic E-state index is 0.0873. The van der Waals surface area contributed by atoms with Crippen LogP contribution in [0, 0.1) is 0 Å². The van der Waals surface area contributed by atoms with Crippen LogP contribution in [0.25, 0.3) is 0 Å². The van der Waals surface area contributed by atoms with Gasteiger partial charge < -0.3 is 9.64 Å². The lowest BCUT2D eigenvalue weighted by Gasteiger charge is -2.34. The maximum Gasteiger partial charge on any atom is 0.252 e. The second kappa shape index (κ2) is 7.42. The number of rotatable bonds is 5. The molecule has 3 rings (SSSR count). The van der Waals surface area contributed by atoms with E-state index in [1.165, 1.54) is 0 Å². The third-order valence-corrected chi connectivity index (χ3v) is 4.23. The van der Waals surface area contributed by atoms with Crippen LogP contribution in [0.4, 0.5) is 0 Å². The van der Waals surface area contributed by atoms with Crippen LogP contribution >= 0.6 is 0 Å². The van der Waals surface area contributed by atoms with Gasteiger partial charge in [0.2, 0.25) is 0 Å². The monoisotopic (exact) mass is 313 g/mol. The van der Waals surface area contributed by atoms with Crippen molar-refractivity contribution < 1.29 is 9.53 Å². The van der Waals surface area contributed by atoms with E-state index in [1.807, 2.05) is 54.4 Å². The lowest BCUT2D eigenvalue weighted by atomic mass is 10.0. The third-order valence-electron chi connectivity index (χ3n) is 4.23. The van der Waals surface area contributed by atoms with Gasteiger partial charge >= 0.3 is 0 Å². The highest BCUT2D eigenvalue weighted by Crippen LogP contribution is 2.23. The second-order valence-electron chi connectivity index (χ2n) is 5.80. The van der Waals surface area contributed by atoms with Crippen molar-refractivity contribution in [1.82, 2.24) is 14.7 Å². The maximum atomic E-state index is 13.2. The summed E-state index contributed by atoms with van der Waals surface area (Å²) in [5.41, 5.74) is 0.958. The zero-order valence-electron chi connectivity index (χ0n) is 13.5. The van der Waals surface area contributed by atoms with Crippen molar-refractivity contribution in [3.05, 3.63) is 54.4 Å². The molecule has 122 valence electrons.